The zero-order valence-corrected chi connectivity index (χ0v) is 21.1. The maximum absolute atomic E-state index is 13.5. The van der Waals surface area contributed by atoms with Gasteiger partial charge in [0.2, 0.25) is 0 Å². The number of hydrogen-bond acceptors (Lipinski definition) is 5. The van der Waals surface area contributed by atoms with Gasteiger partial charge in [-0.1, -0.05) is 17.7 Å². The van der Waals surface area contributed by atoms with Crippen molar-refractivity contribution >= 4 is 40.0 Å². The molecule has 0 unspecified atom stereocenters. The van der Waals surface area contributed by atoms with Crippen LogP contribution < -0.4 is 14.8 Å². The van der Waals surface area contributed by atoms with Crippen molar-refractivity contribution in [1.82, 2.24) is 10.3 Å². The summed E-state index contributed by atoms with van der Waals surface area (Å²) in [6.45, 7) is 0.129. The van der Waals surface area contributed by atoms with Gasteiger partial charge in [-0.2, -0.15) is 0 Å². The molecule has 194 valence electrons. The predicted molar refractivity (Wildman–Crippen MR) is 142 cm³/mol. The molecule has 0 atom stereocenters. The van der Waals surface area contributed by atoms with Gasteiger partial charge in [-0.3, -0.25) is 9.59 Å². The molecule has 10 heteroatoms. The summed E-state index contributed by atoms with van der Waals surface area (Å²) in [5, 5.41) is 13.5. The summed E-state index contributed by atoms with van der Waals surface area (Å²) >= 11 is 6.35. The minimum Gasteiger partial charge on any atom is -0.486 e. The highest BCUT2D eigenvalue weighted by atomic mass is 35.5. The molecule has 0 bridgehead atoms. The zero-order chi connectivity index (χ0) is 26.8. The fourth-order valence-corrected chi connectivity index (χ4v) is 4.62. The lowest BCUT2D eigenvalue weighted by atomic mass is 9.99. The van der Waals surface area contributed by atoms with Crippen molar-refractivity contribution in [3.8, 4) is 22.6 Å². The Bertz CT molecular complexity index is 1600. The number of aromatic nitrogens is 1. The first-order valence-electron chi connectivity index (χ1n) is 11.8. The maximum Gasteiger partial charge on any atom is 0.280 e. The molecule has 1 aliphatic heterocycles. The van der Waals surface area contributed by atoms with Crippen molar-refractivity contribution < 1.29 is 28.6 Å². The smallest absolute Gasteiger partial charge is 0.280 e. The number of halogens is 2. The summed E-state index contributed by atoms with van der Waals surface area (Å²) in [5.74, 6) is -0.652. The summed E-state index contributed by atoms with van der Waals surface area (Å²) in [4.78, 5) is 32.6. The van der Waals surface area contributed by atoms with E-state index in [1.807, 2.05) is 0 Å². The van der Waals surface area contributed by atoms with E-state index in [1.165, 1.54) is 19.2 Å². The number of carbonyl (C=O) groups is 2. The zero-order valence-electron chi connectivity index (χ0n) is 20.3. The molecule has 2 heterocycles. The average molecular weight is 536 g/mol. The fraction of sp³-hybridized carbons (Fsp3) is 0.179. The second-order valence-electron chi connectivity index (χ2n) is 8.64. The third-order valence-corrected chi connectivity index (χ3v) is 6.53. The van der Waals surface area contributed by atoms with Gasteiger partial charge in [0.25, 0.3) is 11.8 Å². The minimum absolute atomic E-state index is 0.163. The molecule has 0 aliphatic carbocycles. The van der Waals surface area contributed by atoms with E-state index >= 15 is 0 Å². The molecule has 5 rings (SSSR count). The molecule has 8 nitrogen and oxygen atoms in total. The van der Waals surface area contributed by atoms with Crippen molar-refractivity contribution in [3.05, 3.63) is 82.3 Å². The van der Waals surface area contributed by atoms with Crippen LogP contribution in [0.25, 0.3) is 22.0 Å². The predicted octanol–water partition coefficient (Wildman–Crippen LogP) is 4.57. The van der Waals surface area contributed by atoms with Crippen LogP contribution in [0, 0.1) is 5.82 Å². The first kappa shape index (κ1) is 25.4. The SMILES string of the molecule is CNC(=O)c1ccc(-c2cc3c(c(C(=O)/N=C(\CO)Cc4c[nH]c5cc(F)ccc45)c2)OCCO3)cc1Cl. The van der Waals surface area contributed by atoms with E-state index in [0.717, 1.165) is 10.9 Å². The van der Waals surface area contributed by atoms with Crippen molar-refractivity contribution in [3.63, 3.8) is 0 Å². The van der Waals surface area contributed by atoms with Crippen molar-refractivity contribution in [2.45, 2.75) is 6.42 Å². The van der Waals surface area contributed by atoms with Crippen LogP contribution in [0.2, 0.25) is 5.02 Å². The number of hydrogen-bond donors (Lipinski definition) is 3. The molecule has 0 fully saturated rings. The topological polar surface area (TPSA) is 113 Å². The number of rotatable bonds is 6. The van der Waals surface area contributed by atoms with Gasteiger partial charge in [0, 0.05) is 30.6 Å². The second kappa shape index (κ2) is 10.6. The lowest BCUT2D eigenvalue weighted by Gasteiger charge is -2.21. The molecular formula is C28H23ClFN3O5. The summed E-state index contributed by atoms with van der Waals surface area (Å²) < 4.78 is 25.0. The molecule has 0 saturated carbocycles. The molecule has 1 aliphatic rings. The standard InChI is InChI=1S/C28H23ClFN3O5/c1-31-27(35)21-4-2-15(10-23(21)29)16-9-22(26-25(11-16)37-6-7-38-26)28(36)33-19(14-34)8-17-13-32-24-12-18(30)3-5-20(17)24/h2-5,9-13,32,34H,6-8,14H2,1H3,(H,31,35)/b33-19-. The van der Waals surface area contributed by atoms with Crippen molar-refractivity contribution in [1.29, 1.82) is 0 Å². The van der Waals surface area contributed by atoms with Crippen molar-refractivity contribution in [2.24, 2.45) is 4.99 Å². The number of carbonyl (C=O) groups excluding carboxylic acids is 2. The fourth-order valence-electron chi connectivity index (χ4n) is 4.35. The van der Waals surface area contributed by atoms with E-state index in [2.05, 4.69) is 15.3 Å². The van der Waals surface area contributed by atoms with E-state index in [-0.39, 0.29) is 46.8 Å². The van der Waals surface area contributed by atoms with Crippen LogP contribution in [0.3, 0.4) is 0 Å². The lowest BCUT2D eigenvalue weighted by Crippen LogP contribution is -2.19. The van der Waals surface area contributed by atoms with Crippen LogP contribution in [-0.2, 0) is 6.42 Å². The number of H-pyrrole nitrogens is 1. The van der Waals surface area contributed by atoms with Gasteiger partial charge in [-0.05, 0) is 59.2 Å². The van der Waals surface area contributed by atoms with Crippen LogP contribution in [0.5, 0.6) is 11.5 Å². The van der Waals surface area contributed by atoms with Gasteiger partial charge in [-0.25, -0.2) is 9.38 Å². The number of nitrogens with zero attached hydrogens (tertiary/aromatic N) is 1. The average Bonchev–Trinajstić information content (AvgIpc) is 3.32. The molecule has 0 spiro atoms. The largest absolute Gasteiger partial charge is 0.486 e. The van der Waals surface area contributed by atoms with Gasteiger partial charge in [0.05, 0.1) is 28.5 Å². The summed E-state index contributed by atoms with van der Waals surface area (Å²) in [7, 11) is 1.52. The molecule has 4 aromatic rings. The number of amides is 2. The Morgan fingerprint density at radius 3 is 2.66 bits per heavy atom. The van der Waals surface area contributed by atoms with Gasteiger partial charge < -0.3 is 24.9 Å². The molecule has 38 heavy (non-hydrogen) atoms. The van der Waals surface area contributed by atoms with Crippen molar-refractivity contribution in [2.75, 3.05) is 26.9 Å². The normalized spacial score (nSPS) is 13.0. The molecule has 0 saturated heterocycles. The summed E-state index contributed by atoms with van der Waals surface area (Å²) in [6.07, 6.45) is 1.88. The first-order chi connectivity index (χ1) is 18.4. The Hall–Kier alpha value is -4.21. The number of aliphatic hydroxyl groups is 1. The monoisotopic (exact) mass is 535 g/mol. The summed E-state index contributed by atoms with van der Waals surface area (Å²) in [5.41, 5.74) is 3.36. The highest BCUT2D eigenvalue weighted by Gasteiger charge is 2.24. The number of benzene rings is 3. The van der Waals surface area contributed by atoms with E-state index < -0.39 is 12.5 Å². The van der Waals surface area contributed by atoms with E-state index in [1.54, 1.807) is 42.6 Å². The Kier molecular flexibility index (Phi) is 7.13. The van der Waals surface area contributed by atoms with E-state index in [0.29, 0.717) is 34.6 Å². The molecule has 2 amide bonds. The highest BCUT2D eigenvalue weighted by Crippen LogP contribution is 2.39. The van der Waals surface area contributed by atoms with E-state index in [4.69, 9.17) is 21.1 Å². The molecule has 1 aromatic heterocycles. The molecular weight excluding hydrogens is 513 g/mol. The van der Waals surface area contributed by atoms with Crippen LogP contribution >= 0.6 is 11.6 Å². The van der Waals surface area contributed by atoms with Gasteiger partial charge in [0.15, 0.2) is 11.5 Å². The minimum atomic E-state index is -0.614. The number of aromatic amines is 1. The number of aliphatic imine (C=N–C) groups is 1. The van der Waals surface area contributed by atoms with Crippen LogP contribution in [0.1, 0.15) is 26.3 Å². The number of aliphatic hydroxyl groups excluding tert-OH is 1. The van der Waals surface area contributed by atoms with E-state index in [9.17, 15) is 19.1 Å². The Labute approximate surface area is 222 Å². The second-order valence-corrected chi connectivity index (χ2v) is 9.05. The Balaban J connectivity index is 1.51. The van der Waals surface area contributed by atoms with Crippen LogP contribution in [0.4, 0.5) is 4.39 Å². The van der Waals surface area contributed by atoms with Gasteiger partial charge >= 0.3 is 0 Å². The molecule has 3 N–H and O–H groups in total. The lowest BCUT2D eigenvalue weighted by molar-refractivity contribution is 0.0961. The van der Waals surface area contributed by atoms with Crippen LogP contribution in [-0.4, -0.2) is 54.5 Å². The maximum atomic E-state index is 13.5. The third-order valence-electron chi connectivity index (χ3n) is 6.21. The Morgan fingerprint density at radius 2 is 1.89 bits per heavy atom. The highest BCUT2D eigenvalue weighted by molar-refractivity contribution is 6.34. The number of ether oxygens (including phenoxy) is 2. The number of fused-ring (bicyclic) bond motifs is 2. The molecule has 3 aromatic carbocycles. The van der Waals surface area contributed by atoms with Gasteiger partial charge in [0.1, 0.15) is 19.0 Å². The quantitative estimate of drug-likeness (QED) is 0.313. The van der Waals surface area contributed by atoms with Crippen LogP contribution in [0.15, 0.2) is 59.7 Å². The summed E-state index contributed by atoms with van der Waals surface area (Å²) in [6, 6.07) is 12.7. The molecule has 0 radical (unpaired) electrons. The number of nitrogens with one attached hydrogen (secondary N) is 2. The Morgan fingerprint density at radius 1 is 1.08 bits per heavy atom. The first-order valence-corrected chi connectivity index (χ1v) is 12.2. The third kappa shape index (κ3) is 4.98. The van der Waals surface area contributed by atoms with Gasteiger partial charge in [-0.15, -0.1) is 0 Å².